The van der Waals surface area contributed by atoms with Crippen molar-refractivity contribution in [2.75, 3.05) is 11.9 Å². The molecule has 0 amide bonds. The van der Waals surface area contributed by atoms with Crippen molar-refractivity contribution in [1.29, 1.82) is 5.26 Å². The lowest BCUT2D eigenvalue weighted by Gasteiger charge is -2.12. The topological polar surface area (TPSA) is 79.4 Å². The number of nitrogens with zero attached hydrogens (tertiary/aromatic N) is 5. The third-order valence-electron chi connectivity index (χ3n) is 3.36. The fourth-order valence-electron chi connectivity index (χ4n) is 2.36. The molecule has 2 heterocycles. The zero-order chi connectivity index (χ0) is 15.5. The van der Waals surface area contributed by atoms with Crippen molar-refractivity contribution in [2.24, 2.45) is 0 Å². The minimum atomic E-state index is -0.346. The van der Waals surface area contributed by atoms with E-state index < -0.39 is 0 Å². The van der Waals surface area contributed by atoms with E-state index in [9.17, 15) is 9.65 Å². The second kappa shape index (κ2) is 5.77. The maximum Gasteiger partial charge on any atom is 0.124 e. The number of aryl methyl sites for hydroxylation is 1. The Bertz CT molecular complexity index is 851. The Hall–Kier alpha value is -3.01. The number of nitrogens with one attached hydrogen (secondary N) is 1. The predicted octanol–water partition coefficient (Wildman–Crippen LogP) is 2.26. The van der Waals surface area contributed by atoms with E-state index in [2.05, 4.69) is 26.7 Å². The first kappa shape index (κ1) is 13.9. The molecule has 0 aliphatic heterocycles. The number of fused-ring (bicyclic) bond motifs is 1. The molecule has 110 valence electrons. The normalized spacial score (nSPS) is 10.6. The number of aromatic nitrogens is 4. The summed E-state index contributed by atoms with van der Waals surface area (Å²) < 4.78 is 15.4. The summed E-state index contributed by atoms with van der Waals surface area (Å²) in [6, 6.07) is 4.92. The number of hydrogen-bond acceptors (Lipinski definition) is 5. The number of hydrogen-bond donors (Lipinski definition) is 1. The quantitative estimate of drug-likeness (QED) is 0.799. The standard InChI is InChI=1S/C15H13FN6/c1-10-6-12(16)7-13-14(10)19-9-11(8-17)15(13)18-2-4-22-5-3-20-21-22/h3,5-7,9H,2,4H2,1H3,(H,18,19). The summed E-state index contributed by atoms with van der Waals surface area (Å²) >= 11 is 0. The first-order valence-corrected chi connectivity index (χ1v) is 6.76. The van der Waals surface area contributed by atoms with Gasteiger partial charge in [0.2, 0.25) is 0 Å². The van der Waals surface area contributed by atoms with Gasteiger partial charge in [-0.3, -0.25) is 9.67 Å². The van der Waals surface area contributed by atoms with Crippen LogP contribution in [0.15, 0.2) is 30.7 Å². The summed E-state index contributed by atoms with van der Waals surface area (Å²) in [7, 11) is 0. The van der Waals surface area contributed by atoms with Gasteiger partial charge < -0.3 is 5.32 Å². The summed E-state index contributed by atoms with van der Waals surface area (Å²) in [5.74, 6) is -0.346. The molecule has 0 radical (unpaired) electrons. The summed E-state index contributed by atoms with van der Waals surface area (Å²) in [5.41, 5.74) is 2.40. The maximum absolute atomic E-state index is 13.7. The molecular weight excluding hydrogens is 283 g/mol. The molecule has 7 heteroatoms. The third-order valence-corrected chi connectivity index (χ3v) is 3.36. The van der Waals surface area contributed by atoms with Crippen molar-refractivity contribution < 1.29 is 4.39 Å². The van der Waals surface area contributed by atoms with Gasteiger partial charge in [0.15, 0.2) is 0 Å². The van der Waals surface area contributed by atoms with Crippen LogP contribution in [0.25, 0.3) is 10.9 Å². The van der Waals surface area contributed by atoms with Gasteiger partial charge in [-0.05, 0) is 24.6 Å². The molecule has 0 aliphatic carbocycles. The van der Waals surface area contributed by atoms with Gasteiger partial charge in [-0.1, -0.05) is 5.21 Å². The molecule has 1 N–H and O–H groups in total. The van der Waals surface area contributed by atoms with Gasteiger partial charge in [0, 0.05) is 24.3 Å². The Morgan fingerprint density at radius 2 is 2.27 bits per heavy atom. The van der Waals surface area contributed by atoms with Crippen LogP contribution in [0.1, 0.15) is 11.1 Å². The highest BCUT2D eigenvalue weighted by Crippen LogP contribution is 2.28. The molecule has 0 saturated heterocycles. The summed E-state index contributed by atoms with van der Waals surface area (Å²) in [4.78, 5) is 4.25. The van der Waals surface area contributed by atoms with Gasteiger partial charge in [-0.25, -0.2) is 4.39 Å². The van der Waals surface area contributed by atoms with Crippen LogP contribution in [-0.2, 0) is 6.54 Å². The van der Waals surface area contributed by atoms with Gasteiger partial charge in [-0.2, -0.15) is 5.26 Å². The summed E-state index contributed by atoms with van der Waals surface area (Å²) in [5, 5.41) is 20.6. The minimum absolute atomic E-state index is 0.346. The summed E-state index contributed by atoms with van der Waals surface area (Å²) in [6.07, 6.45) is 4.85. The van der Waals surface area contributed by atoms with Crippen LogP contribution < -0.4 is 5.32 Å². The second-order valence-corrected chi connectivity index (χ2v) is 4.87. The van der Waals surface area contributed by atoms with E-state index in [4.69, 9.17) is 0 Å². The molecular formula is C15H13FN6. The highest BCUT2D eigenvalue weighted by atomic mass is 19.1. The fourth-order valence-corrected chi connectivity index (χ4v) is 2.36. The van der Waals surface area contributed by atoms with E-state index >= 15 is 0 Å². The van der Waals surface area contributed by atoms with Crippen LogP contribution in [-0.4, -0.2) is 26.5 Å². The lowest BCUT2D eigenvalue weighted by atomic mass is 10.1. The molecule has 0 unspecified atom stereocenters. The molecule has 1 aromatic carbocycles. The summed E-state index contributed by atoms with van der Waals surface area (Å²) in [6.45, 7) is 2.92. The molecule has 6 nitrogen and oxygen atoms in total. The van der Waals surface area contributed by atoms with Crippen LogP contribution in [0.4, 0.5) is 10.1 Å². The largest absolute Gasteiger partial charge is 0.382 e. The van der Waals surface area contributed by atoms with E-state index in [1.807, 2.05) is 0 Å². The average Bonchev–Trinajstić information content (AvgIpc) is 3.00. The molecule has 0 fully saturated rings. The minimum Gasteiger partial charge on any atom is -0.382 e. The lowest BCUT2D eigenvalue weighted by Crippen LogP contribution is -2.12. The van der Waals surface area contributed by atoms with Crippen LogP contribution in [0.5, 0.6) is 0 Å². The number of anilines is 1. The predicted molar refractivity (Wildman–Crippen MR) is 79.7 cm³/mol. The van der Waals surface area contributed by atoms with Gasteiger partial charge in [0.05, 0.1) is 29.5 Å². The molecule has 22 heavy (non-hydrogen) atoms. The Morgan fingerprint density at radius 3 is 3.00 bits per heavy atom. The van der Waals surface area contributed by atoms with Crippen LogP contribution >= 0.6 is 0 Å². The second-order valence-electron chi connectivity index (χ2n) is 4.87. The monoisotopic (exact) mass is 296 g/mol. The highest BCUT2D eigenvalue weighted by molar-refractivity contribution is 5.95. The van der Waals surface area contributed by atoms with Gasteiger partial charge in [0.25, 0.3) is 0 Å². The van der Waals surface area contributed by atoms with E-state index in [0.29, 0.717) is 35.2 Å². The number of benzene rings is 1. The molecule has 2 aromatic heterocycles. The SMILES string of the molecule is Cc1cc(F)cc2c(NCCn3ccnn3)c(C#N)cnc12. The third kappa shape index (κ3) is 2.59. The highest BCUT2D eigenvalue weighted by Gasteiger charge is 2.11. The first-order chi connectivity index (χ1) is 10.7. The number of pyridine rings is 1. The molecule has 3 aromatic rings. The van der Waals surface area contributed by atoms with Crippen molar-refractivity contribution in [2.45, 2.75) is 13.5 Å². The Kier molecular flexibility index (Phi) is 3.66. The van der Waals surface area contributed by atoms with Crippen LogP contribution in [0.3, 0.4) is 0 Å². The molecule has 0 spiro atoms. The Labute approximate surface area is 126 Å². The van der Waals surface area contributed by atoms with Gasteiger partial charge in [0.1, 0.15) is 11.9 Å². The van der Waals surface area contributed by atoms with Gasteiger partial charge in [-0.15, -0.1) is 5.10 Å². The maximum atomic E-state index is 13.7. The van der Waals surface area contributed by atoms with Crippen molar-refractivity contribution in [3.63, 3.8) is 0 Å². The Balaban J connectivity index is 1.97. The zero-order valence-corrected chi connectivity index (χ0v) is 11.9. The lowest BCUT2D eigenvalue weighted by molar-refractivity contribution is 0.609. The molecule has 0 aliphatic rings. The average molecular weight is 296 g/mol. The smallest absolute Gasteiger partial charge is 0.124 e. The molecule has 0 bridgehead atoms. The first-order valence-electron chi connectivity index (χ1n) is 6.76. The van der Waals surface area contributed by atoms with Crippen LogP contribution in [0, 0.1) is 24.1 Å². The van der Waals surface area contributed by atoms with E-state index in [1.165, 1.54) is 18.3 Å². The van der Waals surface area contributed by atoms with Crippen molar-refractivity contribution in [1.82, 2.24) is 20.0 Å². The number of halogens is 1. The molecule has 0 saturated carbocycles. The van der Waals surface area contributed by atoms with Crippen LogP contribution in [0.2, 0.25) is 0 Å². The molecule has 0 atom stereocenters. The number of rotatable bonds is 4. The van der Waals surface area contributed by atoms with Crippen molar-refractivity contribution in [3.8, 4) is 6.07 Å². The van der Waals surface area contributed by atoms with E-state index in [0.717, 1.165) is 5.56 Å². The van der Waals surface area contributed by atoms with E-state index in [1.54, 1.807) is 24.0 Å². The fraction of sp³-hybridized carbons (Fsp3) is 0.200. The zero-order valence-electron chi connectivity index (χ0n) is 11.9. The Morgan fingerprint density at radius 1 is 1.41 bits per heavy atom. The van der Waals surface area contributed by atoms with E-state index in [-0.39, 0.29) is 5.82 Å². The van der Waals surface area contributed by atoms with Crippen molar-refractivity contribution >= 4 is 16.6 Å². The van der Waals surface area contributed by atoms with Crippen molar-refractivity contribution in [3.05, 3.63) is 47.7 Å². The van der Waals surface area contributed by atoms with Gasteiger partial charge >= 0.3 is 0 Å². The number of nitriles is 1. The molecule has 3 rings (SSSR count).